The van der Waals surface area contributed by atoms with Crippen molar-refractivity contribution in [2.24, 2.45) is 0 Å². The molecule has 3 aromatic carbocycles. The van der Waals surface area contributed by atoms with Gasteiger partial charge >= 0.3 is 0 Å². The number of halogens is 1. The fraction of sp³-hybridized carbons (Fsp3) is 0.0833. The van der Waals surface area contributed by atoms with Gasteiger partial charge in [0, 0.05) is 5.56 Å². The number of ether oxygens (including phenoxy) is 2. The lowest BCUT2D eigenvalue weighted by Gasteiger charge is -2.11. The van der Waals surface area contributed by atoms with Gasteiger partial charge in [-0.05, 0) is 53.6 Å². The topological polar surface area (TPSA) is 59.3 Å². The lowest BCUT2D eigenvalue weighted by Crippen LogP contribution is -2.02. The number of allylic oxidation sites excluding steroid dienone is 1. The molecule has 0 bridgehead atoms. The van der Waals surface area contributed by atoms with Crippen molar-refractivity contribution in [1.82, 2.24) is 0 Å². The van der Waals surface area contributed by atoms with Crippen LogP contribution < -0.4 is 9.47 Å². The molecule has 5 heteroatoms. The normalized spacial score (nSPS) is 10.9. The number of hydrogen-bond acceptors (Lipinski definition) is 4. The summed E-state index contributed by atoms with van der Waals surface area (Å²) in [4.78, 5) is 12.5. The van der Waals surface area contributed by atoms with Gasteiger partial charge in [-0.1, -0.05) is 36.4 Å². The summed E-state index contributed by atoms with van der Waals surface area (Å²) in [6, 6.07) is 21.8. The van der Waals surface area contributed by atoms with E-state index >= 15 is 0 Å². The van der Waals surface area contributed by atoms with Gasteiger partial charge in [-0.3, -0.25) is 4.79 Å². The molecule has 0 aliphatic heterocycles. The van der Waals surface area contributed by atoms with Gasteiger partial charge in [0.15, 0.2) is 11.5 Å². The second-order valence-electron chi connectivity index (χ2n) is 6.19. The Morgan fingerprint density at radius 2 is 1.76 bits per heavy atom. The SMILES string of the molecule is COc1ccc(/C=C(\C#N)C(=O)c2ccc(F)cc2)cc1OCc1ccccc1. The molecule has 3 rings (SSSR count). The fourth-order valence-corrected chi connectivity index (χ4v) is 2.70. The summed E-state index contributed by atoms with van der Waals surface area (Å²) >= 11 is 0. The van der Waals surface area contributed by atoms with Crippen LogP contribution in [0.2, 0.25) is 0 Å². The first kappa shape index (κ1) is 19.8. The fourth-order valence-electron chi connectivity index (χ4n) is 2.70. The average Bonchev–Trinajstić information content (AvgIpc) is 2.77. The van der Waals surface area contributed by atoms with Gasteiger partial charge in [0.2, 0.25) is 5.78 Å². The highest BCUT2D eigenvalue weighted by molar-refractivity contribution is 6.14. The van der Waals surface area contributed by atoms with E-state index in [1.54, 1.807) is 25.3 Å². The Balaban J connectivity index is 1.86. The number of benzene rings is 3. The first-order chi connectivity index (χ1) is 14.1. The van der Waals surface area contributed by atoms with Crippen molar-refractivity contribution in [3.63, 3.8) is 0 Å². The van der Waals surface area contributed by atoms with E-state index in [4.69, 9.17) is 9.47 Å². The van der Waals surface area contributed by atoms with Crippen molar-refractivity contribution >= 4 is 11.9 Å². The summed E-state index contributed by atoms with van der Waals surface area (Å²) in [6.45, 7) is 0.351. The molecule has 0 aliphatic carbocycles. The molecule has 0 saturated carbocycles. The maximum absolute atomic E-state index is 13.1. The molecular weight excluding hydrogens is 369 g/mol. The maximum Gasteiger partial charge on any atom is 0.203 e. The van der Waals surface area contributed by atoms with E-state index in [2.05, 4.69) is 0 Å². The van der Waals surface area contributed by atoms with Crippen LogP contribution in [0.1, 0.15) is 21.5 Å². The van der Waals surface area contributed by atoms with Crippen LogP contribution in [0.25, 0.3) is 6.08 Å². The van der Waals surface area contributed by atoms with Crippen LogP contribution in [0.3, 0.4) is 0 Å². The van der Waals surface area contributed by atoms with Gasteiger partial charge in [0.1, 0.15) is 24.1 Å². The van der Waals surface area contributed by atoms with Crippen LogP contribution in [0.4, 0.5) is 4.39 Å². The van der Waals surface area contributed by atoms with Gasteiger partial charge in [-0.2, -0.15) is 5.26 Å². The van der Waals surface area contributed by atoms with Gasteiger partial charge in [-0.25, -0.2) is 4.39 Å². The highest BCUT2D eigenvalue weighted by atomic mass is 19.1. The number of nitrogens with zero attached hydrogens (tertiary/aromatic N) is 1. The first-order valence-electron chi connectivity index (χ1n) is 8.87. The Morgan fingerprint density at radius 1 is 1.03 bits per heavy atom. The number of carbonyl (C=O) groups excluding carboxylic acids is 1. The summed E-state index contributed by atoms with van der Waals surface area (Å²) in [5.41, 5.74) is 1.80. The Hall–Kier alpha value is -3.91. The van der Waals surface area contributed by atoms with E-state index in [0.717, 1.165) is 5.56 Å². The molecule has 0 spiro atoms. The number of nitriles is 1. The van der Waals surface area contributed by atoms with Gasteiger partial charge in [0.25, 0.3) is 0 Å². The van der Waals surface area contributed by atoms with Crippen LogP contribution in [-0.2, 0) is 6.61 Å². The quantitative estimate of drug-likeness (QED) is 0.317. The minimum Gasteiger partial charge on any atom is -0.493 e. The molecule has 4 nitrogen and oxygen atoms in total. The zero-order valence-electron chi connectivity index (χ0n) is 15.8. The van der Waals surface area contributed by atoms with E-state index in [-0.39, 0.29) is 11.1 Å². The van der Waals surface area contributed by atoms with Crippen molar-refractivity contribution < 1.29 is 18.7 Å². The van der Waals surface area contributed by atoms with Crippen molar-refractivity contribution in [3.8, 4) is 17.6 Å². The zero-order chi connectivity index (χ0) is 20.6. The van der Waals surface area contributed by atoms with Crippen molar-refractivity contribution in [3.05, 3.63) is 101 Å². The van der Waals surface area contributed by atoms with E-state index in [1.807, 2.05) is 36.4 Å². The molecule has 0 atom stereocenters. The lowest BCUT2D eigenvalue weighted by molar-refractivity contribution is 0.104. The zero-order valence-corrected chi connectivity index (χ0v) is 15.8. The third-order valence-corrected chi connectivity index (χ3v) is 4.21. The second kappa shape index (κ2) is 9.34. The summed E-state index contributed by atoms with van der Waals surface area (Å²) < 4.78 is 24.3. The van der Waals surface area contributed by atoms with Gasteiger partial charge < -0.3 is 9.47 Å². The first-order valence-corrected chi connectivity index (χ1v) is 8.87. The van der Waals surface area contributed by atoms with Crippen LogP contribution in [-0.4, -0.2) is 12.9 Å². The van der Waals surface area contributed by atoms with Crippen LogP contribution in [0, 0.1) is 17.1 Å². The van der Waals surface area contributed by atoms with Crippen LogP contribution in [0.5, 0.6) is 11.5 Å². The standard InChI is InChI=1S/C24H18FNO3/c1-28-22-12-7-18(14-23(22)29-16-17-5-3-2-4-6-17)13-20(15-26)24(27)19-8-10-21(25)11-9-19/h2-14H,16H2,1H3/b20-13+. The van der Waals surface area contributed by atoms with Crippen molar-refractivity contribution in [1.29, 1.82) is 5.26 Å². The monoisotopic (exact) mass is 387 g/mol. The lowest BCUT2D eigenvalue weighted by atomic mass is 10.0. The molecule has 0 aliphatic rings. The molecule has 0 heterocycles. The number of hydrogen-bond donors (Lipinski definition) is 0. The number of Topliss-reactive ketones (excluding diaryl/α,β-unsaturated/α-hetero) is 1. The Bertz CT molecular complexity index is 1070. The number of carbonyl (C=O) groups is 1. The smallest absolute Gasteiger partial charge is 0.203 e. The van der Waals surface area contributed by atoms with Crippen molar-refractivity contribution in [2.45, 2.75) is 6.61 Å². The Morgan fingerprint density at radius 3 is 2.41 bits per heavy atom. The number of methoxy groups -OCH3 is 1. The molecule has 144 valence electrons. The van der Waals surface area contributed by atoms with Crippen LogP contribution >= 0.6 is 0 Å². The van der Waals surface area contributed by atoms with E-state index in [1.165, 1.54) is 30.3 Å². The van der Waals surface area contributed by atoms with Crippen LogP contribution in [0.15, 0.2) is 78.4 Å². The molecule has 0 fully saturated rings. The molecule has 29 heavy (non-hydrogen) atoms. The molecule has 0 amide bonds. The largest absolute Gasteiger partial charge is 0.493 e. The van der Waals surface area contributed by atoms with E-state index in [0.29, 0.717) is 23.7 Å². The third-order valence-electron chi connectivity index (χ3n) is 4.21. The summed E-state index contributed by atoms with van der Waals surface area (Å²) in [5.74, 6) is 0.118. The highest BCUT2D eigenvalue weighted by Crippen LogP contribution is 2.30. The molecule has 0 radical (unpaired) electrons. The predicted molar refractivity (Wildman–Crippen MR) is 108 cm³/mol. The molecule has 0 aromatic heterocycles. The van der Waals surface area contributed by atoms with Gasteiger partial charge in [0.05, 0.1) is 7.11 Å². The second-order valence-corrected chi connectivity index (χ2v) is 6.19. The summed E-state index contributed by atoms with van der Waals surface area (Å²) in [5, 5.41) is 9.43. The molecule has 3 aromatic rings. The minimum atomic E-state index is -0.477. The summed E-state index contributed by atoms with van der Waals surface area (Å²) in [6.07, 6.45) is 1.47. The van der Waals surface area contributed by atoms with E-state index < -0.39 is 11.6 Å². The molecule has 0 unspecified atom stereocenters. The van der Waals surface area contributed by atoms with Crippen molar-refractivity contribution in [2.75, 3.05) is 7.11 Å². The Labute approximate surface area is 168 Å². The number of rotatable bonds is 7. The highest BCUT2D eigenvalue weighted by Gasteiger charge is 2.13. The number of ketones is 1. The minimum absolute atomic E-state index is 0.0595. The van der Waals surface area contributed by atoms with E-state index in [9.17, 15) is 14.4 Å². The molecule has 0 N–H and O–H groups in total. The molecule has 0 saturated heterocycles. The molecular formula is C24H18FNO3. The average molecular weight is 387 g/mol. The van der Waals surface area contributed by atoms with Gasteiger partial charge in [-0.15, -0.1) is 0 Å². The summed E-state index contributed by atoms with van der Waals surface area (Å²) in [7, 11) is 1.54. The maximum atomic E-state index is 13.1. The Kier molecular flexibility index (Phi) is 6.39. The third kappa shape index (κ3) is 5.08. The predicted octanol–water partition coefficient (Wildman–Crippen LogP) is 5.20.